The van der Waals surface area contributed by atoms with Crippen LogP contribution in [-0.2, 0) is 4.79 Å². The molecule has 126 valence electrons. The van der Waals surface area contributed by atoms with Crippen LogP contribution in [0, 0.1) is 0 Å². The van der Waals surface area contributed by atoms with Gasteiger partial charge < -0.3 is 19.7 Å². The molecule has 0 saturated carbocycles. The molecule has 0 bridgehead atoms. The lowest BCUT2D eigenvalue weighted by Crippen LogP contribution is -2.07. The van der Waals surface area contributed by atoms with Crippen molar-refractivity contribution in [2.75, 3.05) is 6.61 Å². The maximum atomic E-state index is 11.3. The quantitative estimate of drug-likeness (QED) is 0.434. The maximum Gasteiger partial charge on any atom is 0.371 e. The number of carboxylic acid groups (broad SMARTS) is 1. The van der Waals surface area contributed by atoms with E-state index in [-0.39, 0.29) is 11.5 Å². The van der Waals surface area contributed by atoms with Crippen molar-refractivity contribution in [3.63, 3.8) is 0 Å². The summed E-state index contributed by atoms with van der Waals surface area (Å²) in [5.41, 5.74) is 0.615. The van der Waals surface area contributed by atoms with Gasteiger partial charge in [0.2, 0.25) is 5.76 Å². The summed E-state index contributed by atoms with van der Waals surface area (Å²) in [4.78, 5) is 11.3. The molecule has 0 unspecified atom stereocenters. The zero-order valence-electron chi connectivity index (χ0n) is 13.4. The van der Waals surface area contributed by atoms with Crippen LogP contribution in [-0.4, -0.2) is 22.8 Å². The summed E-state index contributed by atoms with van der Waals surface area (Å²) in [6.07, 6.45) is 3.44. The van der Waals surface area contributed by atoms with Crippen LogP contribution in [0.4, 0.5) is 0 Å². The fourth-order valence-electron chi connectivity index (χ4n) is 1.92. The largest absolute Gasteiger partial charge is 0.508 e. The fraction of sp³-hybridized carbons (Fsp3) is 0.211. The minimum atomic E-state index is -1.17. The summed E-state index contributed by atoms with van der Waals surface area (Å²) in [5.74, 6) is -0.143. The van der Waals surface area contributed by atoms with Crippen molar-refractivity contribution in [1.82, 2.24) is 0 Å². The highest BCUT2D eigenvalue weighted by molar-refractivity contribution is 5.90. The van der Waals surface area contributed by atoms with Crippen LogP contribution in [0.1, 0.15) is 25.3 Å². The first kappa shape index (κ1) is 17.4. The molecule has 24 heavy (non-hydrogen) atoms. The highest BCUT2D eigenvalue weighted by Crippen LogP contribution is 2.21. The number of aliphatic carboxylic acids is 1. The second-order valence-electron chi connectivity index (χ2n) is 5.18. The molecule has 5 nitrogen and oxygen atoms in total. The monoisotopic (exact) mass is 328 g/mol. The van der Waals surface area contributed by atoms with Gasteiger partial charge in [0, 0.05) is 0 Å². The van der Waals surface area contributed by atoms with Gasteiger partial charge in [0.25, 0.3) is 0 Å². The molecule has 0 spiro atoms. The lowest BCUT2D eigenvalue weighted by molar-refractivity contribution is -0.134. The van der Waals surface area contributed by atoms with E-state index in [1.54, 1.807) is 36.4 Å². The number of carboxylic acids is 1. The topological polar surface area (TPSA) is 76.0 Å². The smallest absolute Gasteiger partial charge is 0.371 e. The number of phenolic OH excluding ortho intramolecular Hbond substituents is 1. The average molecular weight is 328 g/mol. The molecule has 2 N–H and O–H groups in total. The molecule has 0 aromatic heterocycles. The van der Waals surface area contributed by atoms with Crippen molar-refractivity contribution in [2.45, 2.75) is 19.8 Å². The Morgan fingerprint density at radius 2 is 1.67 bits per heavy atom. The van der Waals surface area contributed by atoms with E-state index in [1.165, 1.54) is 18.2 Å². The van der Waals surface area contributed by atoms with Crippen LogP contribution in [0.15, 0.2) is 54.3 Å². The van der Waals surface area contributed by atoms with Gasteiger partial charge in [0.1, 0.15) is 17.2 Å². The van der Waals surface area contributed by atoms with E-state index >= 15 is 0 Å². The first-order valence-electron chi connectivity index (χ1n) is 7.73. The normalized spacial score (nSPS) is 11.1. The number of ether oxygens (including phenoxy) is 2. The van der Waals surface area contributed by atoms with Gasteiger partial charge in [-0.25, -0.2) is 4.79 Å². The zero-order chi connectivity index (χ0) is 17.4. The van der Waals surface area contributed by atoms with E-state index in [4.69, 9.17) is 9.47 Å². The van der Waals surface area contributed by atoms with Crippen LogP contribution in [0.25, 0.3) is 6.08 Å². The van der Waals surface area contributed by atoms with Crippen LogP contribution >= 0.6 is 0 Å². The van der Waals surface area contributed by atoms with Crippen LogP contribution in [0.3, 0.4) is 0 Å². The van der Waals surface area contributed by atoms with Crippen LogP contribution < -0.4 is 9.47 Å². The maximum absolute atomic E-state index is 11.3. The van der Waals surface area contributed by atoms with Crippen LogP contribution in [0.2, 0.25) is 0 Å². The first-order valence-corrected chi connectivity index (χ1v) is 7.73. The Balaban J connectivity index is 2.07. The third-order valence-corrected chi connectivity index (χ3v) is 3.22. The molecule has 0 saturated heterocycles. The van der Waals surface area contributed by atoms with Crippen molar-refractivity contribution < 1.29 is 24.5 Å². The summed E-state index contributed by atoms with van der Waals surface area (Å²) in [6, 6.07) is 13.0. The number of phenols is 1. The Bertz CT molecular complexity index is 687. The molecule has 5 heteroatoms. The Kier molecular flexibility index (Phi) is 6.25. The van der Waals surface area contributed by atoms with Crippen molar-refractivity contribution >= 4 is 12.0 Å². The molecular weight excluding hydrogens is 308 g/mol. The summed E-state index contributed by atoms with van der Waals surface area (Å²) >= 11 is 0. The minimum Gasteiger partial charge on any atom is -0.508 e. The van der Waals surface area contributed by atoms with Gasteiger partial charge >= 0.3 is 5.97 Å². The zero-order valence-corrected chi connectivity index (χ0v) is 13.4. The fourth-order valence-corrected chi connectivity index (χ4v) is 1.92. The molecule has 0 radical (unpaired) electrons. The van der Waals surface area contributed by atoms with E-state index in [0.29, 0.717) is 17.9 Å². The summed E-state index contributed by atoms with van der Waals surface area (Å²) < 4.78 is 11.0. The van der Waals surface area contributed by atoms with Gasteiger partial charge in [-0.2, -0.15) is 0 Å². The Labute approximate surface area is 140 Å². The number of hydrogen-bond acceptors (Lipinski definition) is 4. The van der Waals surface area contributed by atoms with Gasteiger partial charge in [-0.3, -0.25) is 0 Å². The molecule has 0 aliphatic carbocycles. The van der Waals surface area contributed by atoms with Crippen molar-refractivity contribution in [1.29, 1.82) is 0 Å². The Morgan fingerprint density at radius 3 is 2.25 bits per heavy atom. The van der Waals surface area contributed by atoms with Crippen molar-refractivity contribution in [3.05, 3.63) is 59.9 Å². The molecule has 0 atom stereocenters. The SMILES string of the molecule is CCCCOc1ccc(OC(=Cc2ccc(O)cc2)C(=O)O)cc1. The average Bonchev–Trinajstić information content (AvgIpc) is 2.58. The van der Waals surface area contributed by atoms with Crippen LogP contribution in [0.5, 0.6) is 17.2 Å². The number of hydrogen-bond donors (Lipinski definition) is 2. The molecule has 0 amide bonds. The second-order valence-corrected chi connectivity index (χ2v) is 5.18. The van der Waals surface area contributed by atoms with Gasteiger partial charge in [0.15, 0.2) is 0 Å². The summed E-state index contributed by atoms with van der Waals surface area (Å²) in [5, 5.41) is 18.5. The lowest BCUT2D eigenvalue weighted by Gasteiger charge is -2.09. The molecule has 2 aromatic rings. The van der Waals surface area contributed by atoms with Crippen molar-refractivity contribution in [2.24, 2.45) is 0 Å². The first-order chi connectivity index (χ1) is 11.6. The van der Waals surface area contributed by atoms with Gasteiger partial charge in [-0.05, 0) is 54.5 Å². The molecule has 0 fully saturated rings. The summed E-state index contributed by atoms with van der Waals surface area (Å²) in [6.45, 7) is 2.74. The molecule has 2 aromatic carbocycles. The van der Waals surface area contributed by atoms with Crippen molar-refractivity contribution in [3.8, 4) is 17.2 Å². The van der Waals surface area contributed by atoms with Gasteiger partial charge in [0.05, 0.1) is 6.61 Å². The minimum absolute atomic E-state index is 0.114. The molecule has 0 heterocycles. The molecule has 2 rings (SSSR count). The molecular formula is C19H20O5. The highest BCUT2D eigenvalue weighted by Gasteiger charge is 2.10. The highest BCUT2D eigenvalue weighted by atomic mass is 16.5. The molecule has 0 aliphatic rings. The number of aromatic hydroxyl groups is 1. The van der Waals surface area contributed by atoms with E-state index in [9.17, 15) is 15.0 Å². The second kappa shape index (κ2) is 8.62. The van der Waals surface area contributed by atoms with Gasteiger partial charge in [-0.15, -0.1) is 0 Å². The van der Waals surface area contributed by atoms with Gasteiger partial charge in [-0.1, -0.05) is 25.5 Å². The lowest BCUT2D eigenvalue weighted by atomic mass is 10.2. The number of carbonyl (C=O) groups is 1. The predicted octanol–water partition coefficient (Wildman–Crippen LogP) is 4.08. The van der Waals surface area contributed by atoms with E-state index in [2.05, 4.69) is 6.92 Å². The van der Waals surface area contributed by atoms with E-state index < -0.39 is 5.97 Å². The summed E-state index contributed by atoms with van der Waals surface area (Å²) in [7, 11) is 0. The number of benzene rings is 2. The Morgan fingerprint density at radius 1 is 1.04 bits per heavy atom. The molecule has 0 aliphatic heterocycles. The van der Waals surface area contributed by atoms with E-state index in [1.807, 2.05) is 0 Å². The number of unbranched alkanes of at least 4 members (excludes halogenated alkanes) is 1. The van der Waals surface area contributed by atoms with E-state index in [0.717, 1.165) is 18.6 Å². The third kappa shape index (κ3) is 5.35. The third-order valence-electron chi connectivity index (χ3n) is 3.22. The number of rotatable bonds is 8. The predicted molar refractivity (Wildman–Crippen MR) is 91.2 cm³/mol. The Hall–Kier alpha value is -2.95. The standard InChI is InChI=1S/C19H20O5/c1-2-3-12-23-16-8-10-17(11-9-16)24-18(19(21)22)13-14-4-6-15(20)7-5-14/h4-11,13,20H,2-3,12H2,1H3,(H,21,22).